The van der Waals surface area contributed by atoms with E-state index in [-0.39, 0.29) is 11.1 Å². The maximum absolute atomic E-state index is 11.8. The summed E-state index contributed by atoms with van der Waals surface area (Å²) in [5.74, 6) is 0. The molecule has 2 aromatic heterocycles. The number of aryl methyl sites for hydroxylation is 1. The lowest BCUT2D eigenvalue weighted by Crippen LogP contribution is -2.20. The average molecular weight is 267 g/mol. The first-order valence-corrected chi connectivity index (χ1v) is 5.06. The number of carbonyl (C=O) groups excluding carboxylic acids is 1. The molecule has 0 N–H and O–H groups in total. The summed E-state index contributed by atoms with van der Waals surface area (Å²) in [6, 6.07) is 3.52. The van der Waals surface area contributed by atoms with E-state index in [4.69, 9.17) is 0 Å². The Balaban J connectivity index is 2.99. The van der Waals surface area contributed by atoms with Gasteiger partial charge in [0.2, 0.25) is 0 Å². The van der Waals surface area contributed by atoms with Gasteiger partial charge in [0, 0.05) is 16.4 Å². The summed E-state index contributed by atoms with van der Waals surface area (Å²) >= 11 is 3.32. The zero-order valence-electron chi connectivity index (χ0n) is 7.90. The molecule has 0 saturated heterocycles. The van der Waals surface area contributed by atoms with Crippen LogP contribution in [0.1, 0.15) is 16.1 Å². The Labute approximate surface area is 93.7 Å². The number of fused-ring (bicyclic) bond motifs is 1. The van der Waals surface area contributed by atoms with Crippen LogP contribution in [0.2, 0.25) is 0 Å². The zero-order chi connectivity index (χ0) is 11.0. The average Bonchev–Trinajstić information content (AvgIpc) is 2.17. The SMILES string of the molecule is Cc1cc(Br)cc2ncc(C=O)c(=O)n12. The van der Waals surface area contributed by atoms with Crippen LogP contribution in [0.15, 0.2) is 27.6 Å². The molecule has 0 amide bonds. The van der Waals surface area contributed by atoms with E-state index in [1.54, 1.807) is 19.1 Å². The van der Waals surface area contributed by atoms with Crippen LogP contribution < -0.4 is 5.56 Å². The molecule has 0 aliphatic carbocycles. The van der Waals surface area contributed by atoms with Crippen molar-refractivity contribution in [3.63, 3.8) is 0 Å². The van der Waals surface area contributed by atoms with Gasteiger partial charge in [-0.25, -0.2) is 4.98 Å². The molecule has 0 aliphatic rings. The van der Waals surface area contributed by atoms with Gasteiger partial charge >= 0.3 is 0 Å². The lowest BCUT2D eigenvalue weighted by Gasteiger charge is -2.04. The van der Waals surface area contributed by atoms with Gasteiger partial charge in [-0.1, -0.05) is 15.9 Å². The summed E-state index contributed by atoms with van der Waals surface area (Å²) in [7, 11) is 0. The van der Waals surface area contributed by atoms with Crippen LogP contribution >= 0.6 is 15.9 Å². The Morgan fingerprint density at radius 1 is 1.47 bits per heavy atom. The number of aromatic nitrogens is 2. The van der Waals surface area contributed by atoms with E-state index < -0.39 is 0 Å². The molecule has 0 atom stereocenters. The highest BCUT2D eigenvalue weighted by molar-refractivity contribution is 9.10. The van der Waals surface area contributed by atoms with Crippen molar-refractivity contribution in [2.75, 3.05) is 0 Å². The smallest absolute Gasteiger partial charge is 0.268 e. The Morgan fingerprint density at radius 2 is 2.20 bits per heavy atom. The van der Waals surface area contributed by atoms with Gasteiger partial charge in [-0.05, 0) is 19.1 Å². The fourth-order valence-electron chi connectivity index (χ4n) is 1.43. The number of carbonyl (C=O) groups is 1. The monoisotopic (exact) mass is 266 g/mol. The lowest BCUT2D eigenvalue weighted by molar-refractivity contribution is 0.112. The van der Waals surface area contributed by atoms with Gasteiger partial charge in [0.15, 0.2) is 6.29 Å². The standard InChI is InChI=1S/C10H7BrN2O2/c1-6-2-8(11)3-9-12-4-7(5-14)10(15)13(6)9/h2-5H,1H3. The van der Waals surface area contributed by atoms with Crippen molar-refractivity contribution in [1.82, 2.24) is 9.38 Å². The largest absolute Gasteiger partial charge is 0.298 e. The minimum absolute atomic E-state index is 0.0675. The predicted octanol–water partition coefficient (Wildman–Crippen LogP) is 1.58. The van der Waals surface area contributed by atoms with Crippen molar-refractivity contribution in [3.8, 4) is 0 Å². The zero-order valence-corrected chi connectivity index (χ0v) is 9.48. The van der Waals surface area contributed by atoms with E-state index in [2.05, 4.69) is 20.9 Å². The van der Waals surface area contributed by atoms with Crippen LogP contribution in [-0.2, 0) is 0 Å². The first-order chi connectivity index (χ1) is 7.13. The third-order valence-corrected chi connectivity index (χ3v) is 2.57. The highest BCUT2D eigenvalue weighted by Gasteiger charge is 2.06. The fraction of sp³-hybridized carbons (Fsp3) is 0.100. The second-order valence-electron chi connectivity index (χ2n) is 3.15. The summed E-state index contributed by atoms with van der Waals surface area (Å²) in [6.45, 7) is 1.79. The third kappa shape index (κ3) is 1.59. The summed E-state index contributed by atoms with van der Waals surface area (Å²) in [4.78, 5) is 26.4. The molecule has 0 bridgehead atoms. The number of aldehydes is 1. The number of halogens is 1. The molecule has 0 aromatic carbocycles. The van der Waals surface area contributed by atoms with Crippen LogP contribution in [0.3, 0.4) is 0 Å². The number of hydrogen-bond donors (Lipinski definition) is 0. The summed E-state index contributed by atoms with van der Waals surface area (Å²) < 4.78 is 2.26. The molecule has 2 heterocycles. The van der Waals surface area contributed by atoms with Crippen molar-refractivity contribution in [2.45, 2.75) is 6.92 Å². The second kappa shape index (κ2) is 3.58. The van der Waals surface area contributed by atoms with Crippen LogP contribution in [0.4, 0.5) is 0 Å². The highest BCUT2D eigenvalue weighted by atomic mass is 79.9. The maximum Gasteiger partial charge on any atom is 0.268 e. The fourth-order valence-corrected chi connectivity index (χ4v) is 1.97. The van der Waals surface area contributed by atoms with Crippen LogP contribution in [0, 0.1) is 6.92 Å². The Kier molecular flexibility index (Phi) is 2.40. The van der Waals surface area contributed by atoms with Gasteiger partial charge in [-0.15, -0.1) is 0 Å². The van der Waals surface area contributed by atoms with Gasteiger partial charge in [0.25, 0.3) is 5.56 Å². The molecule has 4 nitrogen and oxygen atoms in total. The maximum atomic E-state index is 11.8. The van der Waals surface area contributed by atoms with Gasteiger partial charge in [-0.3, -0.25) is 14.0 Å². The van der Waals surface area contributed by atoms with Crippen molar-refractivity contribution in [2.24, 2.45) is 0 Å². The number of pyridine rings is 1. The molecular formula is C10H7BrN2O2. The number of rotatable bonds is 1. The Bertz CT molecular complexity index is 604. The molecule has 2 aromatic rings. The number of hydrogen-bond acceptors (Lipinski definition) is 3. The molecule has 15 heavy (non-hydrogen) atoms. The molecule has 76 valence electrons. The molecular weight excluding hydrogens is 260 g/mol. The normalized spacial score (nSPS) is 10.5. The first-order valence-electron chi connectivity index (χ1n) is 4.26. The molecule has 2 rings (SSSR count). The van der Waals surface area contributed by atoms with Crippen molar-refractivity contribution in [3.05, 3.63) is 44.4 Å². The molecule has 0 unspecified atom stereocenters. The van der Waals surface area contributed by atoms with Crippen LogP contribution in [0.25, 0.3) is 5.65 Å². The predicted molar refractivity (Wildman–Crippen MR) is 59.3 cm³/mol. The molecule has 0 spiro atoms. The highest BCUT2D eigenvalue weighted by Crippen LogP contribution is 2.13. The van der Waals surface area contributed by atoms with E-state index >= 15 is 0 Å². The van der Waals surface area contributed by atoms with E-state index in [0.29, 0.717) is 11.9 Å². The van der Waals surface area contributed by atoms with E-state index in [1.165, 1.54) is 10.6 Å². The molecule has 0 aliphatic heterocycles. The van der Waals surface area contributed by atoms with Crippen LogP contribution in [0.5, 0.6) is 0 Å². The van der Waals surface area contributed by atoms with E-state index in [9.17, 15) is 9.59 Å². The Hall–Kier alpha value is -1.49. The topological polar surface area (TPSA) is 51.4 Å². The quantitative estimate of drug-likeness (QED) is 0.737. The van der Waals surface area contributed by atoms with Gasteiger partial charge < -0.3 is 0 Å². The summed E-state index contributed by atoms with van der Waals surface area (Å²) in [6.07, 6.45) is 1.81. The van der Waals surface area contributed by atoms with E-state index in [1.807, 2.05) is 0 Å². The summed E-state index contributed by atoms with van der Waals surface area (Å²) in [5.41, 5.74) is 0.996. The summed E-state index contributed by atoms with van der Waals surface area (Å²) in [5, 5.41) is 0. The van der Waals surface area contributed by atoms with Crippen molar-refractivity contribution in [1.29, 1.82) is 0 Å². The van der Waals surface area contributed by atoms with E-state index in [0.717, 1.165) is 10.2 Å². The van der Waals surface area contributed by atoms with Crippen molar-refractivity contribution >= 4 is 27.9 Å². The minimum Gasteiger partial charge on any atom is -0.298 e. The van der Waals surface area contributed by atoms with Gasteiger partial charge in [0.1, 0.15) is 5.65 Å². The van der Waals surface area contributed by atoms with Gasteiger partial charge in [-0.2, -0.15) is 0 Å². The van der Waals surface area contributed by atoms with Gasteiger partial charge in [0.05, 0.1) is 5.56 Å². The lowest BCUT2D eigenvalue weighted by atomic mass is 10.3. The molecule has 0 radical (unpaired) electrons. The minimum atomic E-state index is -0.333. The van der Waals surface area contributed by atoms with Crippen LogP contribution in [-0.4, -0.2) is 15.7 Å². The third-order valence-electron chi connectivity index (χ3n) is 2.11. The Morgan fingerprint density at radius 3 is 2.87 bits per heavy atom. The molecule has 0 fully saturated rings. The second-order valence-corrected chi connectivity index (χ2v) is 4.06. The first kappa shape index (κ1) is 10.0. The number of nitrogens with zero attached hydrogens (tertiary/aromatic N) is 2. The van der Waals surface area contributed by atoms with Crippen molar-refractivity contribution < 1.29 is 4.79 Å². The molecule has 5 heteroatoms. The molecule has 0 saturated carbocycles.